The normalized spacial score (nSPS) is 16.8. The number of piperidine rings is 1. The molecule has 0 atom stereocenters. The molecule has 9 nitrogen and oxygen atoms in total. The predicted molar refractivity (Wildman–Crippen MR) is 130 cm³/mol. The maximum Gasteiger partial charge on any atom is 0.416 e. The van der Waals surface area contributed by atoms with Crippen LogP contribution < -0.4 is 9.80 Å². The molecule has 194 valence electrons. The number of nitriles is 1. The number of anilines is 2. The van der Waals surface area contributed by atoms with Gasteiger partial charge in [0, 0.05) is 45.0 Å². The van der Waals surface area contributed by atoms with Gasteiger partial charge < -0.3 is 9.80 Å². The van der Waals surface area contributed by atoms with Crippen molar-refractivity contribution in [2.24, 2.45) is 14.1 Å². The third-order valence-electron chi connectivity index (χ3n) is 7.12. The van der Waals surface area contributed by atoms with Crippen LogP contribution in [-0.2, 0) is 33.4 Å². The van der Waals surface area contributed by atoms with Crippen molar-refractivity contribution < 1.29 is 18.0 Å². The number of nitrogens with zero attached hydrogens (tertiary/aromatic N) is 8. The lowest BCUT2D eigenvalue weighted by atomic mass is 10.0. The van der Waals surface area contributed by atoms with Crippen molar-refractivity contribution in [1.82, 2.24) is 24.5 Å². The maximum absolute atomic E-state index is 13.7. The number of benzene rings is 1. The number of fused-ring (bicyclic) bond motifs is 1. The van der Waals surface area contributed by atoms with Gasteiger partial charge in [-0.3, -0.25) is 14.3 Å². The molecule has 1 saturated heterocycles. The minimum Gasteiger partial charge on any atom is -0.356 e. The first-order valence-corrected chi connectivity index (χ1v) is 12.0. The Hall–Kier alpha value is -4.01. The molecular formula is C25H27F3N8O. The Kier molecular flexibility index (Phi) is 6.09. The smallest absolute Gasteiger partial charge is 0.356 e. The minimum absolute atomic E-state index is 0.0206. The molecule has 0 unspecified atom stereocenters. The van der Waals surface area contributed by atoms with Crippen molar-refractivity contribution in [1.29, 1.82) is 5.26 Å². The fourth-order valence-corrected chi connectivity index (χ4v) is 5.42. The number of halogens is 3. The first-order valence-electron chi connectivity index (χ1n) is 12.0. The van der Waals surface area contributed by atoms with Gasteiger partial charge in [0.25, 0.3) is 0 Å². The maximum atomic E-state index is 13.7. The average molecular weight is 513 g/mol. The molecule has 0 N–H and O–H groups in total. The molecule has 2 aromatic heterocycles. The van der Waals surface area contributed by atoms with E-state index < -0.39 is 11.7 Å². The summed E-state index contributed by atoms with van der Waals surface area (Å²) in [6.45, 7) is 3.17. The fourth-order valence-electron chi connectivity index (χ4n) is 5.42. The van der Waals surface area contributed by atoms with Crippen LogP contribution >= 0.6 is 0 Å². The van der Waals surface area contributed by atoms with Crippen molar-refractivity contribution in [3.8, 4) is 6.07 Å². The zero-order chi connectivity index (χ0) is 26.5. The van der Waals surface area contributed by atoms with Gasteiger partial charge in [0.2, 0.25) is 0 Å². The third-order valence-corrected chi connectivity index (χ3v) is 7.12. The molecule has 0 saturated carbocycles. The topological polar surface area (TPSA) is 86.2 Å². The summed E-state index contributed by atoms with van der Waals surface area (Å²) in [7, 11) is 3.54. The number of amides is 2. The van der Waals surface area contributed by atoms with Gasteiger partial charge in [-0.15, -0.1) is 0 Å². The molecule has 2 aliphatic rings. The number of aryl methyl sites for hydroxylation is 3. The Morgan fingerprint density at radius 1 is 1.14 bits per heavy atom. The van der Waals surface area contributed by atoms with E-state index in [9.17, 15) is 23.2 Å². The molecule has 2 amide bonds. The molecule has 37 heavy (non-hydrogen) atoms. The summed E-state index contributed by atoms with van der Waals surface area (Å²) in [6, 6.07) is 7.11. The molecule has 3 aromatic rings. The van der Waals surface area contributed by atoms with Gasteiger partial charge in [0.05, 0.1) is 24.3 Å². The van der Waals surface area contributed by atoms with Crippen LogP contribution in [0, 0.1) is 18.3 Å². The molecule has 5 rings (SSSR count). The van der Waals surface area contributed by atoms with E-state index in [1.165, 1.54) is 17.0 Å². The van der Waals surface area contributed by atoms with E-state index in [-0.39, 0.29) is 24.2 Å². The van der Waals surface area contributed by atoms with Gasteiger partial charge in [0.1, 0.15) is 17.5 Å². The number of hydrogen-bond acceptors (Lipinski definition) is 5. The summed E-state index contributed by atoms with van der Waals surface area (Å²) >= 11 is 0. The van der Waals surface area contributed by atoms with Crippen LogP contribution in [0.2, 0.25) is 0 Å². The molecular weight excluding hydrogens is 485 g/mol. The van der Waals surface area contributed by atoms with Crippen LogP contribution in [0.15, 0.2) is 30.5 Å². The highest BCUT2D eigenvalue weighted by molar-refractivity contribution is 5.94. The lowest BCUT2D eigenvalue weighted by Crippen LogP contribution is -2.54. The number of rotatable bonds is 4. The summed E-state index contributed by atoms with van der Waals surface area (Å²) in [4.78, 5) is 18.9. The number of carbonyl (C=O) groups is 1. The van der Waals surface area contributed by atoms with Crippen LogP contribution in [-0.4, -0.2) is 49.6 Å². The van der Waals surface area contributed by atoms with Gasteiger partial charge in [0.15, 0.2) is 5.82 Å². The van der Waals surface area contributed by atoms with Gasteiger partial charge in [-0.2, -0.15) is 28.6 Å². The number of hydrogen-bond donors (Lipinski definition) is 0. The summed E-state index contributed by atoms with van der Waals surface area (Å²) in [5, 5.41) is 18.4. The Bertz CT molecular complexity index is 1380. The summed E-state index contributed by atoms with van der Waals surface area (Å²) in [5.74, 6) is 1.16. The number of alkyl halides is 3. The van der Waals surface area contributed by atoms with Gasteiger partial charge >= 0.3 is 12.2 Å². The molecule has 0 spiro atoms. The number of urea groups is 1. The van der Waals surface area contributed by atoms with Crippen molar-refractivity contribution in [2.75, 3.05) is 22.9 Å². The van der Waals surface area contributed by atoms with Crippen molar-refractivity contribution in [2.45, 2.75) is 45.1 Å². The van der Waals surface area contributed by atoms with E-state index in [2.05, 4.69) is 21.2 Å². The van der Waals surface area contributed by atoms with Crippen LogP contribution in [0.25, 0.3) is 0 Å². The van der Waals surface area contributed by atoms with Crippen LogP contribution in [0.4, 0.5) is 29.6 Å². The van der Waals surface area contributed by atoms with Crippen molar-refractivity contribution in [3.63, 3.8) is 0 Å². The Morgan fingerprint density at radius 3 is 2.51 bits per heavy atom. The van der Waals surface area contributed by atoms with Gasteiger partial charge in [-0.05, 0) is 31.4 Å². The van der Waals surface area contributed by atoms with Crippen LogP contribution in [0.3, 0.4) is 0 Å². The second-order valence-corrected chi connectivity index (χ2v) is 9.54. The molecule has 0 radical (unpaired) electrons. The predicted octanol–water partition coefficient (Wildman–Crippen LogP) is 3.96. The van der Waals surface area contributed by atoms with E-state index >= 15 is 0 Å². The molecule has 1 fully saturated rings. The lowest BCUT2D eigenvalue weighted by Gasteiger charge is -2.43. The van der Waals surface area contributed by atoms with E-state index in [0.717, 1.165) is 17.4 Å². The first kappa shape index (κ1) is 24.7. The second-order valence-electron chi connectivity index (χ2n) is 9.54. The molecule has 12 heteroatoms. The summed E-state index contributed by atoms with van der Waals surface area (Å²) in [6.07, 6.45) is -1.40. The van der Waals surface area contributed by atoms with Gasteiger partial charge in [-0.1, -0.05) is 18.2 Å². The van der Waals surface area contributed by atoms with Crippen LogP contribution in [0.1, 0.15) is 40.8 Å². The molecule has 1 aromatic carbocycles. The Balaban J connectivity index is 1.39. The Labute approximate surface area is 212 Å². The first-order chi connectivity index (χ1) is 17.6. The quantitative estimate of drug-likeness (QED) is 0.528. The monoisotopic (exact) mass is 512 g/mol. The highest BCUT2D eigenvalue weighted by atomic mass is 19.4. The zero-order valence-corrected chi connectivity index (χ0v) is 20.8. The molecule has 0 aliphatic carbocycles. The van der Waals surface area contributed by atoms with Crippen molar-refractivity contribution in [3.05, 3.63) is 58.4 Å². The Morgan fingerprint density at radius 2 is 1.84 bits per heavy atom. The number of aromatic nitrogens is 4. The van der Waals surface area contributed by atoms with E-state index in [0.29, 0.717) is 49.6 Å². The molecule has 2 aliphatic heterocycles. The number of carbonyl (C=O) groups excluding carboxylic acids is 1. The SMILES string of the molecule is Cc1nn(C)c(N2CCC(N3Cc4cn(C)nc4N(Cc4ccccc4C(F)(F)F)C3=O)CC2)c1C#N. The highest BCUT2D eigenvalue weighted by Crippen LogP contribution is 2.36. The highest BCUT2D eigenvalue weighted by Gasteiger charge is 2.40. The molecule has 0 bridgehead atoms. The van der Waals surface area contributed by atoms with E-state index in [4.69, 9.17) is 0 Å². The minimum atomic E-state index is -4.53. The largest absolute Gasteiger partial charge is 0.416 e. The lowest BCUT2D eigenvalue weighted by molar-refractivity contribution is -0.138. The van der Waals surface area contributed by atoms with E-state index in [1.807, 2.05) is 13.2 Å². The fraction of sp³-hybridized carbons (Fsp3) is 0.440. The zero-order valence-electron chi connectivity index (χ0n) is 20.8. The van der Waals surface area contributed by atoms with Crippen LogP contribution in [0.5, 0.6) is 0 Å². The third kappa shape index (κ3) is 4.39. The average Bonchev–Trinajstić information content (AvgIpc) is 3.37. The molecule has 4 heterocycles. The summed E-state index contributed by atoms with van der Waals surface area (Å²) < 4.78 is 44.3. The standard InChI is InChI=1S/C25H27F3N8O/c1-16-20(12-29)23(33(3)30-16)34-10-8-19(9-11-34)35-15-18-13-32(2)31-22(18)36(24(35)37)14-17-6-4-5-7-21(17)25(26,27)28/h4-7,13,19H,8-11,14-15H2,1-3H3. The van der Waals surface area contributed by atoms with Gasteiger partial charge in [-0.25, -0.2) is 4.79 Å². The summed E-state index contributed by atoms with van der Waals surface area (Å²) in [5.41, 5.74) is 1.28. The van der Waals surface area contributed by atoms with Crippen molar-refractivity contribution >= 4 is 17.7 Å². The van der Waals surface area contributed by atoms with E-state index in [1.54, 1.807) is 34.3 Å². The second kappa shape index (κ2) is 9.14.